The van der Waals surface area contributed by atoms with Gasteiger partial charge in [0.15, 0.2) is 0 Å². The molecule has 22 heavy (non-hydrogen) atoms. The predicted octanol–water partition coefficient (Wildman–Crippen LogP) is 1.17. The first-order valence-electron chi connectivity index (χ1n) is 7.89. The number of morpholine rings is 1. The number of hydrogen-bond acceptors (Lipinski definition) is 4. The second-order valence-corrected chi connectivity index (χ2v) is 6.08. The van der Waals surface area contributed by atoms with Crippen molar-refractivity contribution in [1.29, 1.82) is 0 Å². The van der Waals surface area contributed by atoms with Gasteiger partial charge in [-0.15, -0.1) is 0 Å². The van der Waals surface area contributed by atoms with Crippen LogP contribution in [0, 0.1) is 6.92 Å². The summed E-state index contributed by atoms with van der Waals surface area (Å²) in [5.74, 6) is 0.102. The molecule has 2 aliphatic rings. The summed E-state index contributed by atoms with van der Waals surface area (Å²) in [4.78, 5) is 17.0. The number of rotatable bonds is 4. The third-order valence-corrected chi connectivity index (χ3v) is 4.58. The third-order valence-electron chi connectivity index (χ3n) is 4.58. The fourth-order valence-corrected chi connectivity index (χ4v) is 3.29. The Morgan fingerprint density at radius 3 is 2.82 bits per heavy atom. The number of benzene rings is 1. The van der Waals surface area contributed by atoms with Crippen LogP contribution in [0.2, 0.25) is 0 Å². The smallest absolute Gasteiger partial charge is 0.253 e. The number of carbonyl (C=O) groups excluding carboxylic acids is 1. The van der Waals surface area contributed by atoms with Crippen LogP contribution in [-0.2, 0) is 9.47 Å². The number of aryl methyl sites for hydroxylation is 1. The standard InChI is InChI=1S/C17H24N2O3/c1-13-3-5-14(6-4-13)17(20)19-11-15-16(12-19)22-10-8-18(15)7-9-21-2/h3-6,15-16H,7-12H2,1-2H3/t15-,16+/m1/s1. The van der Waals surface area contributed by atoms with Crippen molar-refractivity contribution in [2.45, 2.75) is 19.1 Å². The molecule has 2 saturated heterocycles. The summed E-state index contributed by atoms with van der Waals surface area (Å²) in [5.41, 5.74) is 1.92. The first kappa shape index (κ1) is 15.5. The summed E-state index contributed by atoms with van der Waals surface area (Å²) >= 11 is 0. The lowest BCUT2D eigenvalue weighted by atomic mass is 10.1. The molecule has 0 N–H and O–H groups in total. The number of hydrogen-bond donors (Lipinski definition) is 0. The van der Waals surface area contributed by atoms with E-state index in [1.165, 1.54) is 5.56 Å². The lowest BCUT2D eigenvalue weighted by molar-refractivity contribution is -0.0526. The van der Waals surface area contributed by atoms with Crippen LogP contribution in [0.1, 0.15) is 15.9 Å². The summed E-state index contributed by atoms with van der Waals surface area (Å²) in [6.07, 6.45) is 0.125. The van der Waals surface area contributed by atoms with Crippen molar-refractivity contribution < 1.29 is 14.3 Å². The molecule has 1 aromatic carbocycles. The molecular formula is C17H24N2O3. The summed E-state index contributed by atoms with van der Waals surface area (Å²) in [6.45, 7) is 6.71. The van der Waals surface area contributed by atoms with E-state index in [0.29, 0.717) is 12.6 Å². The minimum atomic E-state index is 0.102. The fourth-order valence-electron chi connectivity index (χ4n) is 3.29. The van der Waals surface area contributed by atoms with Crippen LogP contribution in [0.5, 0.6) is 0 Å². The van der Waals surface area contributed by atoms with E-state index in [9.17, 15) is 4.79 Å². The highest BCUT2D eigenvalue weighted by molar-refractivity contribution is 5.94. The van der Waals surface area contributed by atoms with Crippen molar-refractivity contribution in [3.05, 3.63) is 35.4 Å². The number of fused-ring (bicyclic) bond motifs is 1. The van der Waals surface area contributed by atoms with E-state index in [4.69, 9.17) is 9.47 Å². The van der Waals surface area contributed by atoms with E-state index in [1.807, 2.05) is 36.1 Å². The molecule has 120 valence electrons. The van der Waals surface area contributed by atoms with Gasteiger partial charge in [-0.05, 0) is 19.1 Å². The van der Waals surface area contributed by atoms with Crippen LogP contribution in [-0.4, -0.2) is 74.4 Å². The number of likely N-dealkylation sites (tertiary alicyclic amines) is 1. The van der Waals surface area contributed by atoms with Gasteiger partial charge in [-0.3, -0.25) is 9.69 Å². The van der Waals surface area contributed by atoms with Crippen molar-refractivity contribution in [2.24, 2.45) is 0 Å². The molecular weight excluding hydrogens is 280 g/mol. The number of methoxy groups -OCH3 is 1. The molecule has 0 bridgehead atoms. The Labute approximate surface area is 131 Å². The van der Waals surface area contributed by atoms with Gasteiger partial charge in [0.05, 0.1) is 25.4 Å². The number of carbonyl (C=O) groups is 1. The van der Waals surface area contributed by atoms with E-state index in [-0.39, 0.29) is 12.0 Å². The van der Waals surface area contributed by atoms with Gasteiger partial charge >= 0.3 is 0 Å². The van der Waals surface area contributed by atoms with Gasteiger partial charge in [0.1, 0.15) is 0 Å². The zero-order valence-electron chi connectivity index (χ0n) is 13.3. The van der Waals surface area contributed by atoms with E-state index < -0.39 is 0 Å². The van der Waals surface area contributed by atoms with Crippen LogP contribution in [0.15, 0.2) is 24.3 Å². The van der Waals surface area contributed by atoms with E-state index >= 15 is 0 Å². The van der Waals surface area contributed by atoms with Gasteiger partial charge in [0.2, 0.25) is 0 Å². The van der Waals surface area contributed by atoms with Crippen molar-refractivity contribution in [2.75, 3.05) is 46.5 Å². The van der Waals surface area contributed by atoms with Crippen molar-refractivity contribution in [3.8, 4) is 0 Å². The number of nitrogens with zero attached hydrogens (tertiary/aromatic N) is 2. The van der Waals surface area contributed by atoms with E-state index in [2.05, 4.69) is 4.90 Å². The maximum Gasteiger partial charge on any atom is 0.253 e. The van der Waals surface area contributed by atoms with Gasteiger partial charge in [-0.2, -0.15) is 0 Å². The molecule has 5 heteroatoms. The van der Waals surface area contributed by atoms with Gasteiger partial charge < -0.3 is 14.4 Å². The van der Waals surface area contributed by atoms with Crippen molar-refractivity contribution >= 4 is 5.91 Å². The number of amides is 1. The third kappa shape index (κ3) is 3.16. The van der Waals surface area contributed by atoms with Crippen LogP contribution in [0.4, 0.5) is 0 Å². The Balaban J connectivity index is 1.67. The molecule has 2 fully saturated rings. The molecule has 2 aliphatic heterocycles. The Bertz CT molecular complexity index is 517. The Morgan fingerprint density at radius 2 is 2.09 bits per heavy atom. The highest BCUT2D eigenvalue weighted by Crippen LogP contribution is 2.24. The van der Waals surface area contributed by atoms with Gasteiger partial charge in [-0.25, -0.2) is 0 Å². The quantitative estimate of drug-likeness (QED) is 0.837. The minimum Gasteiger partial charge on any atom is -0.383 e. The maximum atomic E-state index is 12.6. The molecule has 0 unspecified atom stereocenters. The molecule has 3 rings (SSSR count). The topological polar surface area (TPSA) is 42.0 Å². The van der Waals surface area contributed by atoms with Crippen LogP contribution < -0.4 is 0 Å². The van der Waals surface area contributed by atoms with Crippen LogP contribution in [0.25, 0.3) is 0 Å². The molecule has 0 aromatic heterocycles. The predicted molar refractivity (Wildman–Crippen MR) is 84.1 cm³/mol. The average molecular weight is 304 g/mol. The molecule has 0 radical (unpaired) electrons. The largest absolute Gasteiger partial charge is 0.383 e. The first-order chi connectivity index (χ1) is 10.7. The van der Waals surface area contributed by atoms with Gasteiger partial charge in [0.25, 0.3) is 5.91 Å². The highest BCUT2D eigenvalue weighted by Gasteiger charge is 2.41. The monoisotopic (exact) mass is 304 g/mol. The second kappa shape index (κ2) is 6.77. The first-order valence-corrected chi connectivity index (χ1v) is 7.89. The van der Waals surface area contributed by atoms with Crippen LogP contribution in [0.3, 0.4) is 0 Å². The number of ether oxygens (including phenoxy) is 2. The van der Waals surface area contributed by atoms with Crippen molar-refractivity contribution in [1.82, 2.24) is 9.80 Å². The zero-order chi connectivity index (χ0) is 15.5. The van der Waals surface area contributed by atoms with Crippen molar-refractivity contribution in [3.63, 3.8) is 0 Å². The summed E-state index contributed by atoms with van der Waals surface area (Å²) in [5, 5.41) is 0. The van der Waals surface area contributed by atoms with Crippen LogP contribution >= 0.6 is 0 Å². The molecule has 0 saturated carbocycles. The Morgan fingerprint density at radius 1 is 1.32 bits per heavy atom. The summed E-state index contributed by atoms with van der Waals surface area (Å²) in [7, 11) is 1.72. The molecule has 1 aromatic rings. The highest BCUT2D eigenvalue weighted by atomic mass is 16.5. The maximum absolute atomic E-state index is 12.6. The fraction of sp³-hybridized carbons (Fsp3) is 0.588. The van der Waals surface area contributed by atoms with E-state index in [1.54, 1.807) is 7.11 Å². The zero-order valence-corrected chi connectivity index (χ0v) is 13.3. The molecule has 1 amide bonds. The molecule has 0 spiro atoms. The van der Waals surface area contributed by atoms with E-state index in [0.717, 1.165) is 38.4 Å². The summed E-state index contributed by atoms with van der Waals surface area (Å²) in [6, 6.07) is 8.07. The second-order valence-electron chi connectivity index (χ2n) is 6.08. The van der Waals surface area contributed by atoms with Gasteiger partial charge in [-0.1, -0.05) is 17.7 Å². The minimum absolute atomic E-state index is 0.102. The van der Waals surface area contributed by atoms with Gasteiger partial charge in [0, 0.05) is 38.9 Å². The Hall–Kier alpha value is -1.43. The molecule has 2 heterocycles. The Kier molecular flexibility index (Phi) is 4.76. The summed E-state index contributed by atoms with van der Waals surface area (Å²) < 4.78 is 11.1. The lowest BCUT2D eigenvalue weighted by Crippen LogP contribution is -2.51. The molecule has 5 nitrogen and oxygen atoms in total. The molecule has 0 aliphatic carbocycles. The molecule has 2 atom stereocenters. The normalized spacial score (nSPS) is 25.3. The lowest BCUT2D eigenvalue weighted by Gasteiger charge is -2.36. The SMILES string of the molecule is COCCN1CCO[C@H]2CN(C(=O)c3ccc(C)cc3)C[C@H]21. The average Bonchev–Trinajstić information content (AvgIpc) is 2.97.